The predicted molar refractivity (Wildman–Crippen MR) is 78.0 cm³/mol. The van der Waals surface area contributed by atoms with Crippen LogP contribution in [0.5, 0.6) is 0 Å². The number of hydrogen-bond donors (Lipinski definition) is 1. The Labute approximate surface area is 116 Å². The van der Waals surface area contributed by atoms with E-state index in [2.05, 4.69) is 38.1 Å². The Bertz CT molecular complexity index is 454. The van der Waals surface area contributed by atoms with Gasteiger partial charge in [0.25, 0.3) is 0 Å². The van der Waals surface area contributed by atoms with Crippen molar-refractivity contribution in [1.82, 2.24) is 0 Å². The molecule has 0 saturated carbocycles. The van der Waals surface area contributed by atoms with Gasteiger partial charge in [-0.05, 0) is 63.0 Å². The second kappa shape index (κ2) is 4.92. The first-order valence-electron chi connectivity index (χ1n) is 7.56. The van der Waals surface area contributed by atoms with E-state index in [1.54, 1.807) is 0 Å². The van der Waals surface area contributed by atoms with E-state index in [1.807, 2.05) is 0 Å². The standard InChI is InChI=1S/C17H25NO/c1-17(2)10-9-14(19-17)11-13-8-7-12-5-3-4-6-15(12)16(13)18/h3-6,13-14,16H,7-11,18H2,1-2H3. The summed E-state index contributed by atoms with van der Waals surface area (Å²) in [4.78, 5) is 0. The smallest absolute Gasteiger partial charge is 0.0631 e. The third kappa shape index (κ3) is 2.70. The Kier molecular flexibility index (Phi) is 3.40. The van der Waals surface area contributed by atoms with Gasteiger partial charge in [-0.15, -0.1) is 0 Å². The Morgan fingerprint density at radius 1 is 1.26 bits per heavy atom. The second-order valence-electron chi connectivity index (χ2n) is 6.80. The first-order valence-corrected chi connectivity index (χ1v) is 7.56. The number of ether oxygens (including phenoxy) is 1. The highest BCUT2D eigenvalue weighted by molar-refractivity contribution is 5.32. The van der Waals surface area contributed by atoms with Crippen molar-refractivity contribution >= 4 is 0 Å². The molecule has 2 nitrogen and oxygen atoms in total. The zero-order chi connectivity index (χ0) is 13.5. The lowest BCUT2D eigenvalue weighted by Gasteiger charge is -2.33. The average Bonchev–Trinajstić information content (AvgIpc) is 2.73. The molecule has 2 heteroatoms. The molecule has 1 aliphatic heterocycles. The van der Waals surface area contributed by atoms with Crippen molar-refractivity contribution in [1.29, 1.82) is 0 Å². The molecule has 3 atom stereocenters. The summed E-state index contributed by atoms with van der Waals surface area (Å²) < 4.78 is 6.13. The molecule has 0 bridgehead atoms. The highest BCUT2D eigenvalue weighted by Gasteiger charge is 2.35. The fourth-order valence-electron chi connectivity index (χ4n) is 3.71. The van der Waals surface area contributed by atoms with Gasteiger partial charge in [-0.3, -0.25) is 0 Å². The third-order valence-corrected chi connectivity index (χ3v) is 4.83. The highest BCUT2D eigenvalue weighted by atomic mass is 16.5. The van der Waals surface area contributed by atoms with Gasteiger partial charge in [-0.1, -0.05) is 24.3 Å². The van der Waals surface area contributed by atoms with Crippen LogP contribution in [0.1, 0.15) is 56.7 Å². The number of nitrogens with two attached hydrogens (primary N) is 1. The Morgan fingerprint density at radius 2 is 2.05 bits per heavy atom. The first-order chi connectivity index (χ1) is 9.05. The van der Waals surface area contributed by atoms with Gasteiger partial charge in [-0.25, -0.2) is 0 Å². The van der Waals surface area contributed by atoms with Crippen molar-refractivity contribution < 1.29 is 4.74 Å². The maximum absolute atomic E-state index is 6.48. The van der Waals surface area contributed by atoms with Crippen LogP contribution in [0.25, 0.3) is 0 Å². The van der Waals surface area contributed by atoms with E-state index in [0.717, 1.165) is 6.42 Å². The van der Waals surface area contributed by atoms with Crippen LogP contribution in [0, 0.1) is 5.92 Å². The van der Waals surface area contributed by atoms with Gasteiger partial charge < -0.3 is 10.5 Å². The molecular formula is C17H25NO. The van der Waals surface area contributed by atoms with Crippen LogP contribution < -0.4 is 5.73 Å². The lowest BCUT2D eigenvalue weighted by molar-refractivity contribution is -0.0268. The minimum absolute atomic E-state index is 0.0708. The van der Waals surface area contributed by atoms with E-state index >= 15 is 0 Å². The maximum Gasteiger partial charge on any atom is 0.0631 e. The first kappa shape index (κ1) is 13.1. The molecule has 1 aliphatic carbocycles. The number of fused-ring (bicyclic) bond motifs is 1. The molecule has 0 spiro atoms. The molecule has 19 heavy (non-hydrogen) atoms. The van der Waals surface area contributed by atoms with Gasteiger partial charge in [0.1, 0.15) is 0 Å². The minimum Gasteiger partial charge on any atom is -0.372 e. The van der Waals surface area contributed by atoms with Crippen LogP contribution in [0.2, 0.25) is 0 Å². The molecule has 1 saturated heterocycles. The second-order valence-corrected chi connectivity index (χ2v) is 6.80. The van der Waals surface area contributed by atoms with Gasteiger partial charge >= 0.3 is 0 Å². The molecule has 1 heterocycles. The maximum atomic E-state index is 6.48. The van der Waals surface area contributed by atoms with Crippen LogP contribution in [-0.2, 0) is 11.2 Å². The molecule has 104 valence electrons. The van der Waals surface area contributed by atoms with Crippen LogP contribution in [0.15, 0.2) is 24.3 Å². The predicted octanol–water partition coefficient (Wildman–Crippen LogP) is 3.60. The topological polar surface area (TPSA) is 35.2 Å². The van der Waals surface area contributed by atoms with Crippen molar-refractivity contribution in [2.24, 2.45) is 11.7 Å². The van der Waals surface area contributed by atoms with Gasteiger partial charge in [0.15, 0.2) is 0 Å². The number of benzene rings is 1. The summed E-state index contributed by atoms with van der Waals surface area (Å²) in [6.07, 6.45) is 6.28. The van der Waals surface area contributed by atoms with E-state index < -0.39 is 0 Å². The Balaban J connectivity index is 1.68. The van der Waals surface area contributed by atoms with E-state index in [0.29, 0.717) is 12.0 Å². The molecule has 0 amide bonds. The SMILES string of the molecule is CC1(C)CCC(CC2CCc3ccccc3C2N)O1. The van der Waals surface area contributed by atoms with Gasteiger partial charge in [0.2, 0.25) is 0 Å². The van der Waals surface area contributed by atoms with Crippen molar-refractivity contribution in [3.8, 4) is 0 Å². The Hall–Kier alpha value is -0.860. The van der Waals surface area contributed by atoms with E-state index in [1.165, 1.54) is 36.8 Å². The zero-order valence-corrected chi connectivity index (χ0v) is 12.1. The lowest BCUT2D eigenvalue weighted by atomic mass is 9.77. The molecule has 3 unspecified atom stereocenters. The average molecular weight is 259 g/mol. The summed E-state index contributed by atoms with van der Waals surface area (Å²) in [5.74, 6) is 0.578. The summed E-state index contributed by atoms with van der Waals surface area (Å²) in [6.45, 7) is 4.40. The number of hydrogen-bond acceptors (Lipinski definition) is 2. The zero-order valence-electron chi connectivity index (χ0n) is 12.1. The molecule has 1 fully saturated rings. The number of rotatable bonds is 2. The van der Waals surface area contributed by atoms with Crippen LogP contribution in [0.3, 0.4) is 0 Å². The summed E-state index contributed by atoms with van der Waals surface area (Å²) >= 11 is 0. The molecule has 1 aromatic rings. The molecule has 2 aliphatic rings. The summed E-state index contributed by atoms with van der Waals surface area (Å²) in [6, 6.07) is 8.84. The fraction of sp³-hybridized carbons (Fsp3) is 0.647. The van der Waals surface area contributed by atoms with E-state index in [-0.39, 0.29) is 11.6 Å². The van der Waals surface area contributed by atoms with Crippen molar-refractivity contribution in [2.45, 2.75) is 63.7 Å². The minimum atomic E-state index is 0.0708. The molecule has 3 rings (SSSR count). The van der Waals surface area contributed by atoms with E-state index in [4.69, 9.17) is 10.5 Å². The Morgan fingerprint density at radius 3 is 2.79 bits per heavy atom. The van der Waals surface area contributed by atoms with Crippen molar-refractivity contribution in [3.05, 3.63) is 35.4 Å². The summed E-state index contributed by atoms with van der Waals surface area (Å²) in [5.41, 5.74) is 9.35. The third-order valence-electron chi connectivity index (χ3n) is 4.83. The molecular weight excluding hydrogens is 234 g/mol. The largest absolute Gasteiger partial charge is 0.372 e. The molecule has 1 aromatic carbocycles. The summed E-state index contributed by atoms with van der Waals surface area (Å²) in [7, 11) is 0. The highest BCUT2D eigenvalue weighted by Crippen LogP contribution is 2.39. The normalized spacial score (nSPS) is 33.1. The van der Waals surface area contributed by atoms with Crippen molar-refractivity contribution in [3.63, 3.8) is 0 Å². The quantitative estimate of drug-likeness (QED) is 0.880. The van der Waals surface area contributed by atoms with E-state index in [9.17, 15) is 0 Å². The van der Waals surface area contributed by atoms with Gasteiger partial charge in [0.05, 0.1) is 11.7 Å². The van der Waals surface area contributed by atoms with Gasteiger partial charge in [0, 0.05) is 6.04 Å². The van der Waals surface area contributed by atoms with Crippen molar-refractivity contribution in [2.75, 3.05) is 0 Å². The fourth-order valence-corrected chi connectivity index (χ4v) is 3.71. The molecule has 2 N–H and O–H groups in total. The lowest BCUT2D eigenvalue weighted by Crippen LogP contribution is -2.31. The summed E-state index contributed by atoms with van der Waals surface area (Å²) in [5, 5.41) is 0. The molecule has 0 aromatic heterocycles. The van der Waals surface area contributed by atoms with Crippen LogP contribution in [0.4, 0.5) is 0 Å². The van der Waals surface area contributed by atoms with Crippen LogP contribution in [-0.4, -0.2) is 11.7 Å². The monoisotopic (exact) mass is 259 g/mol. The number of aryl methyl sites for hydroxylation is 1. The molecule has 0 radical (unpaired) electrons. The van der Waals surface area contributed by atoms with Gasteiger partial charge in [-0.2, -0.15) is 0 Å². The van der Waals surface area contributed by atoms with Crippen LogP contribution >= 0.6 is 0 Å².